The zero-order valence-electron chi connectivity index (χ0n) is 15.6. The lowest BCUT2D eigenvalue weighted by atomic mass is 10.1. The van der Waals surface area contributed by atoms with Crippen LogP contribution in [0.5, 0.6) is 11.5 Å². The first kappa shape index (κ1) is 19.2. The standard InChI is InChI=1S/C24H17BrO4/c1-15-21(28-14-20(26)16-7-3-2-4-8-16)12-11-18-23(27)22(29-24(15)18)13-17-9-5-6-10-19(17)25/h2-13H,14H2,1H3/b22-13-. The number of rotatable bonds is 5. The summed E-state index contributed by atoms with van der Waals surface area (Å²) in [5.74, 6) is 0.955. The van der Waals surface area contributed by atoms with Gasteiger partial charge in [0.1, 0.15) is 11.5 Å². The minimum Gasteiger partial charge on any atom is -0.485 e. The maximum Gasteiger partial charge on any atom is 0.231 e. The van der Waals surface area contributed by atoms with Crippen LogP contribution >= 0.6 is 15.9 Å². The molecule has 0 aliphatic carbocycles. The van der Waals surface area contributed by atoms with Crippen LogP contribution in [0.25, 0.3) is 6.08 Å². The molecule has 29 heavy (non-hydrogen) atoms. The second kappa shape index (κ2) is 8.05. The largest absolute Gasteiger partial charge is 0.485 e. The smallest absolute Gasteiger partial charge is 0.231 e. The molecule has 0 aromatic heterocycles. The van der Waals surface area contributed by atoms with Gasteiger partial charge in [0.2, 0.25) is 5.78 Å². The van der Waals surface area contributed by atoms with E-state index in [2.05, 4.69) is 15.9 Å². The second-order valence-corrected chi connectivity index (χ2v) is 7.46. The average molecular weight is 449 g/mol. The molecule has 3 aromatic carbocycles. The minimum absolute atomic E-state index is 0.0861. The van der Waals surface area contributed by atoms with Gasteiger partial charge in [-0.25, -0.2) is 0 Å². The molecule has 0 saturated heterocycles. The lowest BCUT2D eigenvalue weighted by Gasteiger charge is -2.11. The summed E-state index contributed by atoms with van der Waals surface area (Å²) in [6, 6.07) is 20.0. The molecule has 0 spiro atoms. The number of carbonyl (C=O) groups is 2. The summed E-state index contributed by atoms with van der Waals surface area (Å²) < 4.78 is 12.5. The van der Waals surface area contributed by atoms with Gasteiger partial charge in [-0.05, 0) is 36.8 Å². The summed E-state index contributed by atoms with van der Waals surface area (Å²) in [5, 5.41) is 0. The third-order valence-corrected chi connectivity index (χ3v) is 5.41. The van der Waals surface area contributed by atoms with Crippen LogP contribution < -0.4 is 9.47 Å². The van der Waals surface area contributed by atoms with E-state index >= 15 is 0 Å². The summed E-state index contributed by atoms with van der Waals surface area (Å²) in [5.41, 5.74) is 2.62. The molecule has 1 heterocycles. The van der Waals surface area contributed by atoms with Crippen molar-refractivity contribution >= 4 is 33.6 Å². The van der Waals surface area contributed by atoms with Gasteiger partial charge in [-0.15, -0.1) is 0 Å². The highest BCUT2D eigenvalue weighted by molar-refractivity contribution is 9.10. The number of hydrogen-bond donors (Lipinski definition) is 0. The van der Waals surface area contributed by atoms with E-state index in [-0.39, 0.29) is 23.9 Å². The van der Waals surface area contributed by atoms with E-state index in [1.54, 1.807) is 30.3 Å². The first-order chi connectivity index (χ1) is 14.0. The Morgan fingerprint density at radius 1 is 1.03 bits per heavy atom. The van der Waals surface area contributed by atoms with Crippen molar-refractivity contribution in [2.24, 2.45) is 0 Å². The highest BCUT2D eigenvalue weighted by atomic mass is 79.9. The van der Waals surface area contributed by atoms with Crippen LogP contribution in [0.4, 0.5) is 0 Å². The van der Waals surface area contributed by atoms with Crippen LogP contribution in [0.15, 0.2) is 77.0 Å². The number of Topliss-reactive ketones (excluding diaryl/α,β-unsaturated/α-hetero) is 2. The van der Waals surface area contributed by atoms with Crippen molar-refractivity contribution < 1.29 is 19.1 Å². The molecular formula is C24H17BrO4. The molecule has 1 aliphatic heterocycles. The molecular weight excluding hydrogens is 432 g/mol. The van der Waals surface area contributed by atoms with Gasteiger partial charge in [-0.3, -0.25) is 9.59 Å². The zero-order chi connectivity index (χ0) is 20.4. The fraction of sp³-hybridized carbons (Fsp3) is 0.0833. The van der Waals surface area contributed by atoms with Gasteiger partial charge in [0.15, 0.2) is 18.1 Å². The Morgan fingerprint density at radius 2 is 1.76 bits per heavy atom. The molecule has 0 amide bonds. The summed E-state index contributed by atoms with van der Waals surface area (Å²) in [7, 11) is 0. The van der Waals surface area contributed by atoms with E-state index < -0.39 is 0 Å². The molecule has 0 unspecified atom stereocenters. The van der Waals surface area contributed by atoms with Crippen molar-refractivity contribution in [2.45, 2.75) is 6.92 Å². The highest BCUT2D eigenvalue weighted by Crippen LogP contribution is 2.39. The summed E-state index contributed by atoms with van der Waals surface area (Å²) in [4.78, 5) is 25.0. The monoisotopic (exact) mass is 448 g/mol. The Kier molecular flexibility index (Phi) is 5.32. The van der Waals surface area contributed by atoms with E-state index in [9.17, 15) is 9.59 Å². The number of ether oxygens (including phenoxy) is 2. The minimum atomic E-state index is -0.175. The van der Waals surface area contributed by atoms with E-state index in [4.69, 9.17) is 9.47 Å². The first-order valence-corrected chi connectivity index (χ1v) is 9.87. The van der Waals surface area contributed by atoms with Crippen LogP contribution in [0, 0.1) is 6.92 Å². The maximum atomic E-state index is 12.7. The third kappa shape index (κ3) is 3.87. The van der Waals surface area contributed by atoms with Gasteiger partial charge in [-0.1, -0.05) is 64.5 Å². The van der Waals surface area contributed by atoms with Crippen molar-refractivity contribution in [3.8, 4) is 11.5 Å². The van der Waals surface area contributed by atoms with Crippen LogP contribution in [-0.2, 0) is 0 Å². The maximum absolute atomic E-state index is 12.7. The molecule has 0 N–H and O–H groups in total. The Bertz CT molecular complexity index is 1130. The predicted octanol–water partition coefficient (Wildman–Crippen LogP) is 5.64. The van der Waals surface area contributed by atoms with Crippen molar-refractivity contribution in [3.63, 3.8) is 0 Å². The number of halogens is 1. The van der Waals surface area contributed by atoms with Crippen molar-refractivity contribution in [1.82, 2.24) is 0 Å². The van der Waals surface area contributed by atoms with Gasteiger partial charge >= 0.3 is 0 Å². The van der Waals surface area contributed by atoms with Gasteiger partial charge in [0, 0.05) is 15.6 Å². The fourth-order valence-corrected chi connectivity index (χ4v) is 3.51. The Balaban J connectivity index is 1.55. The number of ketones is 2. The lowest BCUT2D eigenvalue weighted by molar-refractivity contribution is 0.0920. The fourth-order valence-electron chi connectivity index (χ4n) is 3.11. The third-order valence-electron chi connectivity index (χ3n) is 4.68. The van der Waals surface area contributed by atoms with E-state index in [0.717, 1.165) is 10.0 Å². The molecule has 0 bridgehead atoms. The number of allylic oxidation sites excluding steroid dienone is 1. The molecule has 0 radical (unpaired) electrons. The number of carbonyl (C=O) groups excluding carboxylic acids is 2. The topological polar surface area (TPSA) is 52.6 Å². The van der Waals surface area contributed by atoms with Crippen LogP contribution in [0.1, 0.15) is 31.8 Å². The Labute approximate surface area is 176 Å². The van der Waals surface area contributed by atoms with Gasteiger partial charge in [0.05, 0.1) is 5.56 Å². The van der Waals surface area contributed by atoms with E-state index in [1.807, 2.05) is 49.4 Å². The molecule has 0 atom stereocenters. The van der Waals surface area contributed by atoms with Crippen LogP contribution in [0.3, 0.4) is 0 Å². The lowest BCUT2D eigenvalue weighted by Crippen LogP contribution is -2.12. The molecule has 144 valence electrons. The van der Waals surface area contributed by atoms with Crippen LogP contribution in [0.2, 0.25) is 0 Å². The van der Waals surface area contributed by atoms with Gasteiger partial charge in [0.25, 0.3) is 0 Å². The summed E-state index contributed by atoms with van der Waals surface area (Å²) in [6.45, 7) is 1.73. The SMILES string of the molecule is Cc1c(OCC(=O)c2ccccc2)ccc2c1O/C(=C\c1ccccc1Br)C2=O. The first-order valence-electron chi connectivity index (χ1n) is 9.08. The summed E-state index contributed by atoms with van der Waals surface area (Å²) in [6.07, 6.45) is 1.71. The number of fused-ring (bicyclic) bond motifs is 1. The van der Waals surface area contributed by atoms with E-state index in [1.165, 1.54) is 0 Å². The van der Waals surface area contributed by atoms with Crippen molar-refractivity contribution in [1.29, 1.82) is 0 Å². The van der Waals surface area contributed by atoms with Gasteiger partial charge < -0.3 is 9.47 Å². The van der Waals surface area contributed by atoms with Crippen molar-refractivity contribution in [3.05, 3.63) is 99.2 Å². The Hall–Kier alpha value is -3.18. The molecule has 4 rings (SSSR count). The highest BCUT2D eigenvalue weighted by Gasteiger charge is 2.30. The predicted molar refractivity (Wildman–Crippen MR) is 115 cm³/mol. The molecule has 5 heteroatoms. The van der Waals surface area contributed by atoms with Crippen molar-refractivity contribution in [2.75, 3.05) is 6.61 Å². The molecule has 4 nitrogen and oxygen atoms in total. The summed E-state index contributed by atoms with van der Waals surface area (Å²) >= 11 is 3.47. The molecule has 0 saturated carbocycles. The normalized spacial score (nSPS) is 13.9. The quantitative estimate of drug-likeness (QED) is 0.374. The van der Waals surface area contributed by atoms with Gasteiger partial charge in [-0.2, -0.15) is 0 Å². The number of hydrogen-bond acceptors (Lipinski definition) is 4. The van der Waals surface area contributed by atoms with E-state index in [0.29, 0.717) is 28.2 Å². The molecule has 1 aliphatic rings. The second-order valence-electron chi connectivity index (χ2n) is 6.60. The Morgan fingerprint density at radius 3 is 2.52 bits per heavy atom. The average Bonchev–Trinajstić information content (AvgIpc) is 3.06. The van der Waals surface area contributed by atoms with Crippen LogP contribution in [-0.4, -0.2) is 18.2 Å². The molecule has 0 fully saturated rings. The zero-order valence-corrected chi connectivity index (χ0v) is 17.2. The molecule has 3 aromatic rings. The number of benzene rings is 3.